The van der Waals surface area contributed by atoms with Gasteiger partial charge in [-0.2, -0.15) is 5.26 Å². The molecule has 22 heavy (non-hydrogen) atoms. The third-order valence-corrected chi connectivity index (χ3v) is 6.58. The van der Waals surface area contributed by atoms with Crippen LogP contribution in [0.3, 0.4) is 0 Å². The Balaban J connectivity index is 1.74. The lowest BCUT2D eigenvalue weighted by atomic mass is 9.58. The van der Waals surface area contributed by atoms with Gasteiger partial charge in [0.05, 0.1) is 11.5 Å². The molecule has 1 nitrogen and oxygen atoms in total. The SMILES string of the molecule is CCCCCCCC1CCC2CC(C#N)(CCC)CCC2C1. The van der Waals surface area contributed by atoms with Gasteiger partial charge in [0.2, 0.25) is 0 Å². The molecular formula is C21H37N. The molecule has 0 aromatic heterocycles. The lowest BCUT2D eigenvalue weighted by molar-refractivity contribution is 0.0624. The van der Waals surface area contributed by atoms with Gasteiger partial charge in [-0.05, 0) is 56.3 Å². The lowest BCUT2D eigenvalue weighted by Gasteiger charge is -2.45. The van der Waals surface area contributed by atoms with E-state index in [-0.39, 0.29) is 5.41 Å². The van der Waals surface area contributed by atoms with Crippen LogP contribution < -0.4 is 0 Å². The fourth-order valence-electron chi connectivity index (χ4n) is 5.27. The molecule has 2 aliphatic rings. The molecule has 0 heterocycles. The van der Waals surface area contributed by atoms with E-state index in [1.54, 1.807) is 0 Å². The molecule has 0 radical (unpaired) electrons. The van der Waals surface area contributed by atoms with Crippen LogP contribution in [0.25, 0.3) is 0 Å². The maximum atomic E-state index is 9.65. The van der Waals surface area contributed by atoms with Crippen LogP contribution in [0.4, 0.5) is 0 Å². The number of nitrogens with zero attached hydrogens (tertiary/aromatic N) is 1. The first kappa shape index (κ1) is 17.8. The summed E-state index contributed by atoms with van der Waals surface area (Å²) in [5.74, 6) is 2.83. The molecule has 4 atom stereocenters. The van der Waals surface area contributed by atoms with Crippen molar-refractivity contribution in [1.82, 2.24) is 0 Å². The molecular weight excluding hydrogens is 266 g/mol. The number of fused-ring (bicyclic) bond motifs is 1. The molecule has 0 bridgehead atoms. The minimum atomic E-state index is 0.0445. The second kappa shape index (κ2) is 8.95. The number of hydrogen-bond donors (Lipinski definition) is 0. The van der Waals surface area contributed by atoms with Gasteiger partial charge >= 0.3 is 0 Å². The van der Waals surface area contributed by atoms with Crippen molar-refractivity contribution in [2.45, 2.75) is 104 Å². The standard InChI is InChI=1S/C21H37N/c1-3-5-6-7-8-9-18-10-11-20-16-21(17-22,13-4-2)14-12-19(20)15-18/h18-20H,3-16H2,1-2H3. The van der Waals surface area contributed by atoms with Crippen molar-refractivity contribution in [3.63, 3.8) is 0 Å². The Labute approximate surface area is 138 Å². The average molecular weight is 304 g/mol. The number of hydrogen-bond acceptors (Lipinski definition) is 1. The van der Waals surface area contributed by atoms with Gasteiger partial charge in [0.15, 0.2) is 0 Å². The summed E-state index contributed by atoms with van der Waals surface area (Å²) in [7, 11) is 0. The van der Waals surface area contributed by atoms with Crippen LogP contribution in [-0.4, -0.2) is 0 Å². The quantitative estimate of drug-likeness (QED) is 0.449. The fraction of sp³-hybridized carbons (Fsp3) is 0.952. The highest BCUT2D eigenvalue weighted by Crippen LogP contribution is 2.51. The summed E-state index contributed by atoms with van der Waals surface area (Å²) in [5, 5.41) is 9.65. The van der Waals surface area contributed by atoms with Gasteiger partial charge in [0.25, 0.3) is 0 Å². The van der Waals surface area contributed by atoms with Gasteiger partial charge in [-0.3, -0.25) is 0 Å². The van der Waals surface area contributed by atoms with Crippen molar-refractivity contribution >= 4 is 0 Å². The minimum Gasteiger partial charge on any atom is -0.198 e. The Bertz CT molecular complexity index is 355. The van der Waals surface area contributed by atoms with E-state index in [4.69, 9.17) is 0 Å². The molecule has 2 aliphatic carbocycles. The predicted octanol–water partition coefficient (Wildman–Crippen LogP) is 6.87. The molecule has 1 heteroatoms. The van der Waals surface area contributed by atoms with Crippen molar-refractivity contribution in [1.29, 1.82) is 5.26 Å². The maximum absolute atomic E-state index is 9.65. The molecule has 2 saturated carbocycles. The number of nitriles is 1. The summed E-state index contributed by atoms with van der Waals surface area (Å²) in [5.41, 5.74) is 0.0445. The highest BCUT2D eigenvalue weighted by Gasteiger charge is 2.42. The predicted molar refractivity (Wildman–Crippen MR) is 94.5 cm³/mol. The molecule has 0 saturated heterocycles. The molecule has 4 unspecified atom stereocenters. The summed E-state index contributed by atoms with van der Waals surface area (Å²) >= 11 is 0. The van der Waals surface area contributed by atoms with E-state index < -0.39 is 0 Å². The minimum absolute atomic E-state index is 0.0445. The van der Waals surface area contributed by atoms with E-state index in [1.165, 1.54) is 83.5 Å². The van der Waals surface area contributed by atoms with E-state index in [0.29, 0.717) is 0 Å². The van der Waals surface area contributed by atoms with E-state index in [2.05, 4.69) is 19.9 Å². The van der Waals surface area contributed by atoms with E-state index in [9.17, 15) is 5.26 Å². The molecule has 0 aromatic rings. The third kappa shape index (κ3) is 4.74. The second-order valence-corrected chi connectivity index (χ2v) is 8.29. The lowest BCUT2D eigenvalue weighted by Crippen LogP contribution is -2.36. The Kier molecular flexibility index (Phi) is 7.26. The molecule has 0 N–H and O–H groups in total. The van der Waals surface area contributed by atoms with E-state index >= 15 is 0 Å². The first-order valence-electron chi connectivity index (χ1n) is 10.1. The van der Waals surface area contributed by atoms with Gasteiger partial charge in [-0.1, -0.05) is 65.2 Å². The smallest absolute Gasteiger partial charge is 0.0689 e. The van der Waals surface area contributed by atoms with Gasteiger partial charge in [-0.25, -0.2) is 0 Å². The summed E-state index contributed by atoms with van der Waals surface area (Å²) in [6, 6.07) is 2.72. The normalized spacial score (nSPS) is 34.9. The third-order valence-electron chi connectivity index (χ3n) is 6.58. The molecule has 0 aliphatic heterocycles. The summed E-state index contributed by atoms with van der Waals surface area (Å²) in [4.78, 5) is 0. The summed E-state index contributed by atoms with van der Waals surface area (Å²) in [6.45, 7) is 4.53. The second-order valence-electron chi connectivity index (χ2n) is 8.29. The van der Waals surface area contributed by atoms with Crippen LogP contribution in [0.5, 0.6) is 0 Å². The van der Waals surface area contributed by atoms with Crippen molar-refractivity contribution < 1.29 is 0 Å². The fourth-order valence-corrected chi connectivity index (χ4v) is 5.27. The Morgan fingerprint density at radius 3 is 2.50 bits per heavy atom. The Hall–Kier alpha value is -0.510. The van der Waals surface area contributed by atoms with E-state index in [1.807, 2.05) is 0 Å². The highest BCUT2D eigenvalue weighted by molar-refractivity contribution is 5.04. The number of unbranched alkanes of at least 4 members (excludes halogenated alkanes) is 4. The van der Waals surface area contributed by atoms with Crippen molar-refractivity contribution in [3.8, 4) is 6.07 Å². The molecule has 0 spiro atoms. The monoisotopic (exact) mass is 303 g/mol. The zero-order valence-corrected chi connectivity index (χ0v) is 15.1. The van der Waals surface area contributed by atoms with Gasteiger partial charge in [0, 0.05) is 0 Å². The average Bonchev–Trinajstić information content (AvgIpc) is 2.55. The zero-order valence-electron chi connectivity index (χ0n) is 15.1. The van der Waals surface area contributed by atoms with Crippen LogP contribution >= 0.6 is 0 Å². The van der Waals surface area contributed by atoms with Crippen LogP contribution in [-0.2, 0) is 0 Å². The van der Waals surface area contributed by atoms with Crippen molar-refractivity contribution in [2.24, 2.45) is 23.2 Å². The highest BCUT2D eigenvalue weighted by atomic mass is 14.5. The van der Waals surface area contributed by atoms with Gasteiger partial charge < -0.3 is 0 Å². The summed E-state index contributed by atoms with van der Waals surface area (Å²) in [6.07, 6.45) is 19.0. The Morgan fingerprint density at radius 2 is 1.77 bits per heavy atom. The first-order valence-corrected chi connectivity index (χ1v) is 10.1. The molecule has 0 aromatic carbocycles. The zero-order chi connectivity index (χ0) is 15.8. The van der Waals surface area contributed by atoms with E-state index in [0.717, 1.165) is 24.2 Å². The molecule has 2 rings (SSSR count). The van der Waals surface area contributed by atoms with Gasteiger partial charge in [-0.15, -0.1) is 0 Å². The van der Waals surface area contributed by atoms with Crippen LogP contribution in [0, 0.1) is 34.5 Å². The number of rotatable bonds is 8. The maximum Gasteiger partial charge on any atom is 0.0689 e. The van der Waals surface area contributed by atoms with Crippen molar-refractivity contribution in [3.05, 3.63) is 0 Å². The largest absolute Gasteiger partial charge is 0.198 e. The molecule has 0 amide bonds. The van der Waals surface area contributed by atoms with Crippen LogP contribution in [0.15, 0.2) is 0 Å². The Morgan fingerprint density at radius 1 is 0.955 bits per heavy atom. The van der Waals surface area contributed by atoms with Crippen LogP contribution in [0.1, 0.15) is 104 Å². The summed E-state index contributed by atoms with van der Waals surface area (Å²) < 4.78 is 0. The van der Waals surface area contributed by atoms with Crippen LogP contribution in [0.2, 0.25) is 0 Å². The topological polar surface area (TPSA) is 23.8 Å². The van der Waals surface area contributed by atoms with Crippen molar-refractivity contribution in [2.75, 3.05) is 0 Å². The van der Waals surface area contributed by atoms with Gasteiger partial charge in [0.1, 0.15) is 0 Å². The molecule has 126 valence electrons. The molecule has 2 fully saturated rings. The first-order chi connectivity index (χ1) is 10.7.